The summed E-state index contributed by atoms with van der Waals surface area (Å²) in [6.07, 6.45) is -4.07. The van der Waals surface area contributed by atoms with Gasteiger partial charge in [-0.05, 0) is 24.8 Å². The first-order valence-electron chi connectivity index (χ1n) is 5.89. The third-order valence-corrected chi connectivity index (χ3v) is 3.33. The van der Waals surface area contributed by atoms with Crippen molar-refractivity contribution >= 4 is 5.78 Å². The molecule has 1 fully saturated rings. The molecule has 5 heteroatoms. The Morgan fingerprint density at radius 2 is 1.88 bits per heavy atom. The van der Waals surface area contributed by atoms with Crippen molar-refractivity contribution in [1.82, 2.24) is 5.32 Å². The summed E-state index contributed by atoms with van der Waals surface area (Å²) in [5, 5.41) is 2.66. The predicted molar refractivity (Wildman–Crippen MR) is 59.7 cm³/mol. The summed E-state index contributed by atoms with van der Waals surface area (Å²) in [6.45, 7) is 5.77. The molecule has 0 bridgehead atoms. The summed E-state index contributed by atoms with van der Waals surface area (Å²) in [6, 6.07) is 0. The SMILES string of the molecule is CC(C)(C)CCC(=O)C1(C(F)(F)F)CCNC1. The van der Waals surface area contributed by atoms with Gasteiger partial charge >= 0.3 is 6.18 Å². The first-order valence-corrected chi connectivity index (χ1v) is 5.89. The molecule has 1 N–H and O–H groups in total. The minimum absolute atomic E-state index is 0.00465. The Hall–Kier alpha value is -0.580. The van der Waals surface area contributed by atoms with E-state index in [0.717, 1.165) is 0 Å². The van der Waals surface area contributed by atoms with Gasteiger partial charge in [-0.25, -0.2) is 0 Å². The molecule has 0 aromatic heterocycles. The number of ketones is 1. The van der Waals surface area contributed by atoms with E-state index in [2.05, 4.69) is 5.32 Å². The minimum atomic E-state index is -4.44. The molecule has 0 aromatic rings. The Morgan fingerprint density at radius 3 is 2.24 bits per heavy atom. The van der Waals surface area contributed by atoms with Crippen molar-refractivity contribution in [2.75, 3.05) is 13.1 Å². The van der Waals surface area contributed by atoms with Crippen LogP contribution >= 0.6 is 0 Å². The van der Waals surface area contributed by atoms with Crippen LogP contribution in [0.2, 0.25) is 0 Å². The van der Waals surface area contributed by atoms with Gasteiger partial charge in [0.05, 0.1) is 0 Å². The molecule has 1 rings (SSSR count). The van der Waals surface area contributed by atoms with E-state index >= 15 is 0 Å². The fourth-order valence-corrected chi connectivity index (χ4v) is 2.06. The zero-order valence-electron chi connectivity index (χ0n) is 10.6. The van der Waals surface area contributed by atoms with Gasteiger partial charge in [0.2, 0.25) is 0 Å². The van der Waals surface area contributed by atoms with E-state index in [1.807, 2.05) is 20.8 Å². The molecule has 0 saturated carbocycles. The van der Waals surface area contributed by atoms with Gasteiger partial charge in [-0.2, -0.15) is 13.2 Å². The van der Waals surface area contributed by atoms with Crippen molar-refractivity contribution in [2.45, 2.75) is 46.2 Å². The van der Waals surface area contributed by atoms with Crippen molar-refractivity contribution in [3.63, 3.8) is 0 Å². The Balaban J connectivity index is 2.76. The number of alkyl halides is 3. The van der Waals surface area contributed by atoms with Gasteiger partial charge in [0.25, 0.3) is 0 Å². The van der Waals surface area contributed by atoms with Crippen molar-refractivity contribution in [3.05, 3.63) is 0 Å². The van der Waals surface area contributed by atoms with E-state index in [9.17, 15) is 18.0 Å². The molecular formula is C12H20F3NO. The number of rotatable bonds is 3. The Labute approximate surface area is 100.0 Å². The number of hydrogen-bond donors (Lipinski definition) is 1. The van der Waals surface area contributed by atoms with E-state index in [4.69, 9.17) is 0 Å². The van der Waals surface area contributed by atoms with Crippen molar-refractivity contribution in [2.24, 2.45) is 10.8 Å². The lowest BCUT2D eigenvalue weighted by atomic mass is 9.77. The maximum atomic E-state index is 13.0. The molecule has 100 valence electrons. The first-order chi connectivity index (χ1) is 7.58. The molecule has 0 radical (unpaired) electrons. The van der Waals surface area contributed by atoms with Crippen molar-refractivity contribution in [1.29, 1.82) is 0 Å². The molecule has 1 unspecified atom stereocenters. The third kappa shape index (κ3) is 3.21. The average Bonchev–Trinajstić information content (AvgIpc) is 2.61. The lowest BCUT2D eigenvalue weighted by molar-refractivity contribution is -0.215. The van der Waals surface area contributed by atoms with Crippen molar-refractivity contribution in [3.8, 4) is 0 Å². The summed E-state index contributed by atoms with van der Waals surface area (Å²) >= 11 is 0. The van der Waals surface area contributed by atoms with Crippen LogP contribution in [0.1, 0.15) is 40.0 Å². The number of Topliss-reactive ketones (excluding diaryl/α,β-unsaturated/α-hetero) is 1. The minimum Gasteiger partial charge on any atom is -0.315 e. The highest BCUT2D eigenvalue weighted by Gasteiger charge is 2.60. The number of nitrogens with one attached hydrogen (secondary N) is 1. The number of carbonyl (C=O) groups is 1. The second-order valence-corrected chi connectivity index (χ2v) is 5.99. The van der Waals surface area contributed by atoms with Gasteiger partial charge in [0.15, 0.2) is 0 Å². The largest absolute Gasteiger partial charge is 0.402 e. The molecular weight excluding hydrogens is 231 g/mol. The zero-order chi connectivity index (χ0) is 13.3. The molecule has 1 heterocycles. The molecule has 1 atom stereocenters. The quantitative estimate of drug-likeness (QED) is 0.835. The summed E-state index contributed by atoms with van der Waals surface area (Å²) in [4.78, 5) is 11.9. The van der Waals surface area contributed by atoms with Crippen LogP contribution in [0.5, 0.6) is 0 Å². The summed E-state index contributed by atoms with van der Waals surface area (Å²) in [5.41, 5.74) is -2.26. The monoisotopic (exact) mass is 251 g/mol. The molecule has 0 spiro atoms. The maximum Gasteiger partial charge on any atom is 0.402 e. The number of carbonyl (C=O) groups excluding carboxylic acids is 1. The lowest BCUT2D eigenvalue weighted by Gasteiger charge is -2.30. The van der Waals surface area contributed by atoms with Gasteiger partial charge in [-0.3, -0.25) is 4.79 Å². The van der Waals surface area contributed by atoms with Crippen molar-refractivity contribution < 1.29 is 18.0 Å². The van der Waals surface area contributed by atoms with Gasteiger partial charge in [0, 0.05) is 13.0 Å². The van der Waals surface area contributed by atoms with E-state index in [1.54, 1.807) is 0 Å². The molecule has 1 aliphatic heterocycles. The molecule has 1 saturated heterocycles. The Morgan fingerprint density at radius 1 is 1.29 bits per heavy atom. The average molecular weight is 251 g/mol. The lowest BCUT2D eigenvalue weighted by Crippen LogP contribution is -2.46. The normalized spacial score (nSPS) is 26.2. The number of halogens is 3. The predicted octanol–water partition coefficient (Wildman–Crippen LogP) is 2.92. The van der Waals surface area contributed by atoms with Gasteiger partial charge in [0.1, 0.15) is 11.2 Å². The summed E-state index contributed by atoms with van der Waals surface area (Å²) < 4.78 is 39.1. The number of hydrogen-bond acceptors (Lipinski definition) is 2. The van der Waals surface area contributed by atoms with Crippen LogP contribution in [-0.2, 0) is 4.79 Å². The van der Waals surface area contributed by atoms with E-state index in [0.29, 0.717) is 6.42 Å². The third-order valence-electron chi connectivity index (χ3n) is 3.33. The van der Waals surface area contributed by atoms with Crippen LogP contribution in [0.4, 0.5) is 13.2 Å². The van der Waals surface area contributed by atoms with Crippen LogP contribution in [0.15, 0.2) is 0 Å². The standard InChI is InChI=1S/C12H20F3NO/c1-10(2,3)5-4-9(17)11(12(13,14)15)6-7-16-8-11/h16H,4-8H2,1-3H3. The summed E-state index contributed by atoms with van der Waals surface area (Å²) in [5.74, 6) is -0.662. The zero-order valence-corrected chi connectivity index (χ0v) is 10.6. The smallest absolute Gasteiger partial charge is 0.315 e. The second-order valence-electron chi connectivity index (χ2n) is 5.99. The Bertz CT molecular complexity index is 285. The molecule has 0 aliphatic carbocycles. The molecule has 17 heavy (non-hydrogen) atoms. The molecule has 0 aromatic carbocycles. The van der Waals surface area contributed by atoms with Gasteiger partial charge in [-0.15, -0.1) is 0 Å². The van der Waals surface area contributed by atoms with Crippen LogP contribution in [-0.4, -0.2) is 25.0 Å². The van der Waals surface area contributed by atoms with Gasteiger partial charge in [-0.1, -0.05) is 20.8 Å². The molecule has 1 aliphatic rings. The van der Waals surface area contributed by atoms with Crippen LogP contribution < -0.4 is 5.32 Å². The van der Waals surface area contributed by atoms with E-state index in [1.165, 1.54) is 0 Å². The second kappa shape index (κ2) is 4.59. The van der Waals surface area contributed by atoms with E-state index < -0.39 is 17.4 Å². The van der Waals surface area contributed by atoms with E-state index in [-0.39, 0.29) is 31.3 Å². The van der Waals surface area contributed by atoms with Gasteiger partial charge < -0.3 is 5.32 Å². The maximum absolute atomic E-state index is 13.0. The fourth-order valence-electron chi connectivity index (χ4n) is 2.06. The highest BCUT2D eigenvalue weighted by Crippen LogP contribution is 2.45. The first kappa shape index (κ1) is 14.5. The topological polar surface area (TPSA) is 29.1 Å². The van der Waals surface area contributed by atoms with Crippen LogP contribution in [0.3, 0.4) is 0 Å². The van der Waals surface area contributed by atoms with Crippen LogP contribution in [0.25, 0.3) is 0 Å². The molecule has 2 nitrogen and oxygen atoms in total. The van der Waals surface area contributed by atoms with Crippen LogP contribution in [0, 0.1) is 10.8 Å². The highest BCUT2D eigenvalue weighted by molar-refractivity contribution is 5.86. The molecule has 0 amide bonds. The highest BCUT2D eigenvalue weighted by atomic mass is 19.4. The fraction of sp³-hybridized carbons (Fsp3) is 0.917. The Kier molecular flexibility index (Phi) is 3.91. The summed E-state index contributed by atoms with van der Waals surface area (Å²) in [7, 11) is 0.